The Labute approximate surface area is 177 Å². The zero-order valence-corrected chi connectivity index (χ0v) is 17.9. The van der Waals surface area contributed by atoms with Gasteiger partial charge in [-0.05, 0) is 24.6 Å². The number of fused-ring (bicyclic) bond motifs is 1. The first-order valence-corrected chi connectivity index (χ1v) is 9.82. The lowest BCUT2D eigenvalue weighted by atomic mass is 10.1. The summed E-state index contributed by atoms with van der Waals surface area (Å²) in [6, 6.07) is 17.8. The fraction of sp³-hybridized carbons (Fsp3) is 0.333. The smallest absolute Gasteiger partial charge is 0.203 e. The second kappa shape index (κ2) is 10.2. The molecule has 0 aliphatic heterocycles. The third-order valence-electron chi connectivity index (χ3n) is 4.93. The molecule has 0 aliphatic carbocycles. The normalized spacial score (nSPS) is 12.1. The fourth-order valence-corrected chi connectivity index (χ4v) is 3.56. The molecule has 0 aromatic heterocycles. The molecule has 0 bridgehead atoms. The van der Waals surface area contributed by atoms with Crippen LogP contribution in [0.25, 0.3) is 10.8 Å². The van der Waals surface area contributed by atoms with Crippen molar-refractivity contribution in [2.45, 2.75) is 12.6 Å². The van der Waals surface area contributed by atoms with Crippen LogP contribution in [-0.4, -0.2) is 57.6 Å². The first kappa shape index (κ1) is 21.7. The first-order valence-electron chi connectivity index (χ1n) is 9.82. The van der Waals surface area contributed by atoms with Gasteiger partial charge in [0.05, 0.1) is 21.3 Å². The molecule has 0 heterocycles. The van der Waals surface area contributed by atoms with Crippen LogP contribution >= 0.6 is 0 Å². The van der Waals surface area contributed by atoms with E-state index in [4.69, 9.17) is 18.9 Å². The molecule has 6 heteroatoms. The van der Waals surface area contributed by atoms with E-state index in [-0.39, 0.29) is 6.61 Å². The molecule has 0 spiro atoms. The molecule has 0 saturated heterocycles. The lowest BCUT2D eigenvalue weighted by Crippen LogP contribution is -2.32. The van der Waals surface area contributed by atoms with Gasteiger partial charge in [-0.15, -0.1) is 0 Å². The Morgan fingerprint density at radius 2 is 1.57 bits per heavy atom. The van der Waals surface area contributed by atoms with E-state index in [1.807, 2.05) is 66.5 Å². The number of hydrogen-bond donors (Lipinski definition) is 1. The van der Waals surface area contributed by atoms with Crippen LogP contribution in [0.15, 0.2) is 54.6 Å². The van der Waals surface area contributed by atoms with Gasteiger partial charge in [-0.25, -0.2) is 0 Å². The number of rotatable bonds is 10. The molecule has 3 rings (SSSR count). The molecule has 1 atom stereocenters. The molecule has 0 amide bonds. The van der Waals surface area contributed by atoms with Gasteiger partial charge in [0.25, 0.3) is 0 Å². The third kappa shape index (κ3) is 4.96. The quantitative estimate of drug-likeness (QED) is 0.549. The van der Waals surface area contributed by atoms with Gasteiger partial charge in [-0.2, -0.15) is 0 Å². The predicted molar refractivity (Wildman–Crippen MR) is 118 cm³/mol. The van der Waals surface area contributed by atoms with E-state index in [0.29, 0.717) is 30.3 Å². The lowest BCUT2D eigenvalue weighted by molar-refractivity contribution is 0.0747. The Morgan fingerprint density at radius 1 is 0.833 bits per heavy atom. The third-order valence-corrected chi connectivity index (χ3v) is 4.93. The molecule has 30 heavy (non-hydrogen) atoms. The second-order valence-electron chi connectivity index (χ2n) is 7.13. The van der Waals surface area contributed by atoms with Crippen molar-refractivity contribution in [3.8, 4) is 23.0 Å². The minimum absolute atomic E-state index is 0.210. The summed E-state index contributed by atoms with van der Waals surface area (Å²) in [7, 11) is 6.72. The number of nitrogens with zero attached hydrogens (tertiary/aromatic N) is 1. The number of aliphatic hydroxyl groups is 1. The summed E-state index contributed by atoms with van der Waals surface area (Å²) < 4.78 is 22.2. The Bertz CT molecular complexity index is 970. The van der Waals surface area contributed by atoms with Crippen LogP contribution in [-0.2, 0) is 6.54 Å². The van der Waals surface area contributed by atoms with E-state index < -0.39 is 6.10 Å². The molecule has 0 saturated carbocycles. The van der Waals surface area contributed by atoms with Crippen LogP contribution in [0.3, 0.4) is 0 Å². The highest BCUT2D eigenvalue weighted by molar-refractivity contribution is 5.88. The van der Waals surface area contributed by atoms with Gasteiger partial charge in [0.15, 0.2) is 11.5 Å². The molecule has 3 aromatic carbocycles. The van der Waals surface area contributed by atoms with Crippen molar-refractivity contribution in [1.29, 1.82) is 0 Å². The lowest BCUT2D eigenvalue weighted by Gasteiger charge is -2.23. The molecular weight excluding hydrogens is 382 g/mol. The summed E-state index contributed by atoms with van der Waals surface area (Å²) in [5.41, 5.74) is 0.944. The summed E-state index contributed by atoms with van der Waals surface area (Å²) in [4.78, 5) is 2.01. The molecule has 1 unspecified atom stereocenters. The van der Waals surface area contributed by atoms with E-state index in [1.54, 1.807) is 21.3 Å². The van der Waals surface area contributed by atoms with Gasteiger partial charge in [0, 0.05) is 24.0 Å². The SMILES string of the molecule is COc1ccc(CN(C)CC(O)COc2cccc3ccccc23)c(OC)c1OC. The average molecular weight is 411 g/mol. The number of hydrogen-bond acceptors (Lipinski definition) is 6. The Hall–Kier alpha value is -2.96. The summed E-state index contributed by atoms with van der Waals surface area (Å²) in [5, 5.41) is 12.6. The van der Waals surface area contributed by atoms with Gasteiger partial charge >= 0.3 is 0 Å². The number of ether oxygens (including phenoxy) is 4. The highest BCUT2D eigenvalue weighted by Gasteiger charge is 2.18. The summed E-state index contributed by atoms with van der Waals surface area (Å²) in [6.07, 6.45) is -0.639. The molecular formula is C24H29NO5. The van der Waals surface area contributed by atoms with E-state index in [9.17, 15) is 5.11 Å². The van der Waals surface area contributed by atoms with Crippen molar-refractivity contribution < 1.29 is 24.1 Å². The topological polar surface area (TPSA) is 60.4 Å². The monoisotopic (exact) mass is 411 g/mol. The van der Waals surface area contributed by atoms with Crippen molar-refractivity contribution in [1.82, 2.24) is 4.90 Å². The van der Waals surface area contributed by atoms with Crippen LogP contribution in [0.2, 0.25) is 0 Å². The van der Waals surface area contributed by atoms with Gasteiger partial charge in [0.1, 0.15) is 18.5 Å². The summed E-state index contributed by atoms with van der Waals surface area (Å²) in [6.45, 7) is 1.23. The van der Waals surface area contributed by atoms with Crippen LogP contribution in [0, 0.1) is 0 Å². The predicted octanol–water partition coefficient (Wildman–Crippen LogP) is 3.74. The van der Waals surface area contributed by atoms with Crippen molar-refractivity contribution in [2.75, 3.05) is 41.5 Å². The summed E-state index contributed by atoms with van der Waals surface area (Å²) in [5.74, 6) is 2.58. The fourth-order valence-electron chi connectivity index (χ4n) is 3.56. The standard InChI is InChI=1S/C24H29NO5/c1-25(14-18-12-13-22(27-2)24(29-4)23(18)28-3)15-19(26)16-30-21-11-7-9-17-8-5-6-10-20(17)21/h5-13,19,26H,14-16H2,1-4H3. The zero-order valence-electron chi connectivity index (χ0n) is 17.9. The van der Waals surface area contributed by atoms with Crippen LogP contribution in [0.1, 0.15) is 5.56 Å². The molecule has 6 nitrogen and oxygen atoms in total. The average Bonchev–Trinajstić information content (AvgIpc) is 2.77. The van der Waals surface area contributed by atoms with E-state index in [1.165, 1.54) is 0 Å². The largest absolute Gasteiger partial charge is 0.493 e. The highest BCUT2D eigenvalue weighted by atomic mass is 16.5. The van der Waals surface area contributed by atoms with Crippen molar-refractivity contribution in [2.24, 2.45) is 0 Å². The maximum atomic E-state index is 10.5. The maximum Gasteiger partial charge on any atom is 0.203 e. The maximum absolute atomic E-state index is 10.5. The Balaban J connectivity index is 1.61. The van der Waals surface area contributed by atoms with Crippen LogP contribution in [0.4, 0.5) is 0 Å². The van der Waals surface area contributed by atoms with Crippen molar-refractivity contribution in [3.63, 3.8) is 0 Å². The van der Waals surface area contributed by atoms with Crippen molar-refractivity contribution >= 4 is 10.8 Å². The van der Waals surface area contributed by atoms with Crippen LogP contribution < -0.4 is 18.9 Å². The van der Waals surface area contributed by atoms with Gasteiger partial charge in [0.2, 0.25) is 5.75 Å². The number of likely N-dealkylation sites (N-methyl/N-ethyl adjacent to an activating group) is 1. The van der Waals surface area contributed by atoms with Crippen LogP contribution in [0.5, 0.6) is 23.0 Å². The Morgan fingerprint density at radius 3 is 2.30 bits per heavy atom. The minimum atomic E-state index is -0.639. The van der Waals surface area contributed by atoms with Gasteiger partial charge < -0.3 is 24.1 Å². The van der Waals surface area contributed by atoms with Gasteiger partial charge in [-0.3, -0.25) is 4.90 Å². The van der Waals surface area contributed by atoms with E-state index in [0.717, 1.165) is 22.1 Å². The van der Waals surface area contributed by atoms with E-state index in [2.05, 4.69) is 0 Å². The molecule has 0 fully saturated rings. The molecule has 0 aliphatic rings. The second-order valence-corrected chi connectivity index (χ2v) is 7.13. The van der Waals surface area contributed by atoms with Crippen molar-refractivity contribution in [3.05, 3.63) is 60.2 Å². The molecule has 3 aromatic rings. The highest BCUT2D eigenvalue weighted by Crippen LogP contribution is 2.40. The minimum Gasteiger partial charge on any atom is -0.493 e. The molecule has 0 radical (unpaired) electrons. The van der Waals surface area contributed by atoms with E-state index >= 15 is 0 Å². The Kier molecular flexibility index (Phi) is 7.38. The zero-order chi connectivity index (χ0) is 21.5. The molecule has 160 valence electrons. The van der Waals surface area contributed by atoms with Gasteiger partial charge in [-0.1, -0.05) is 42.5 Å². The number of methoxy groups -OCH3 is 3. The number of aliphatic hydroxyl groups excluding tert-OH is 1. The molecule has 1 N–H and O–H groups in total. The summed E-state index contributed by atoms with van der Waals surface area (Å²) >= 11 is 0. The number of benzene rings is 3. The first-order chi connectivity index (χ1) is 14.6.